The molecular weight excluding hydrogens is 260 g/mol. The van der Waals surface area contributed by atoms with Crippen LogP contribution in [0.15, 0.2) is 54.6 Å². The number of carbonyl (C=O) groups is 1. The van der Waals surface area contributed by atoms with Gasteiger partial charge in [-0.25, -0.2) is 0 Å². The minimum absolute atomic E-state index is 0.0379. The molecule has 1 aliphatic rings. The summed E-state index contributed by atoms with van der Waals surface area (Å²) in [6.07, 6.45) is 2.44. The SMILES string of the molecule is NC(CCc1ccccc1)C(=O)N1CCc2ccccc21. The summed E-state index contributed by atoms with van der Waals surface area (Å²) in [4.78, 5) is 14.4. The molecule has 2 N–H and O–H groups in total. The number of carbonyl (C=O) groups excluding carboxylic acids is 1. The standard InChI is InChI=1S/C18H20N2O/c19-16(11-10-14-6-2-1-3-7-14)18(21)20-13-12-15-8-4-5-9-17(15)20/h1-9,16H,10-13,19H2. The second kappa shape index (κ2) is 6.10. The average Bonchev–Trinajstić information content (AvgIpc) is 2.97. The number of benzene rings is 2. The number of aryl methyl sites for hydroxylation is 1. The van der Waals surface area contributed by atoms with E-state index in [1.54, 1.807) is 0 Å². The third-order valence-electron chi connectivity index (χ3n) is 4.06. The highest BCUT2D eigenvalue weighted by Gasteiger charge is 2.27. The average molecular weight is 280 g/mol. The van der Waals surface area contributed by atoms with Crippen molar-refractivity contribution in [3.05, 3.63) is 65.7 Å². The molecule has 2 aromatic rings. The fourth-order valence-corrected chi connectivity index (χ4v) is 2.86. The highest BCUT2D eigenvalue weighted by Crippen LogP contribution is 2.28. The van der Waals surface area contributed by atoms with E-state index in [0.717, 1.165) is 25.1 Å². The summed E-state index contributed by atoms with van der Waals surface area (Å²) in [5, 5.41) is 0. The highest BCUT2D eigenvalue weighted by atomic mass is 16.2. The summed E-state index contributed by atoms with van der Waals surface area (Å²) in [6, 6.07) is 17.8. The minimum atomic E-state index is -0.434. The fraction of sp³-hybridized carbons (Fsp3) is 0.278. The maximum atomic E-state index is 12.5. The van der Waals surface area contributed by atoms with Crippen LogP contribution in [0.25, 0.3) is 0 Å². The Morgan fingerprint density at radius 1 is 1.10 bits per heavy atom. The molecule has 1 heterocycles. The molecule has 0 radical (unpaired) electrons. The summed E-state index contributed by atoms with van der Waals surface area (Å²) in [5.74, 6) is 0.0379. The van der Waals surface area contributed by atoms with E-state index < -0.39 is 6.04 Å². The zero-order chi connectivity index (χ0) is 14.7. The molecule has 1 atom stereocenters. The molecule has 3 nitrogen and oxygen atoms in total. The van der Waals surface area contributed by atoms with Gasteiger partial charge in [0.1, 0.15) is 0 Å². The number of amides is 1. The number of nitrogens with zero attached hydrogens (tertiary/aromatic N) is 1. The molecule has 0 bridgehead atoms. The van der Waals surface area contributed by atoms with Crippen LogP contribution in [-0.4, -0.2) is 18.5 Å². The highest BCUT2D eigenvalue weighted by molar-refractivity contribution is 5.98. The third kappa shape index (κ3) is 2.98. The Bertz CT molecular complexity index is 624. The van der Waals surface area contributed by atoms with Gasteiger partial charge in [0.05, 0.1) is 6.04 Å². The molecule has 0 aliphatic carbocycles. The van der Waals surface area contributed by atoms with Gasteiger partial charge in [0.25, 0.3) is 0 Å². The predicted octanol–water partition coefficient (Wildman–Crippen LogP) is 2.54. The van der Waals surface area contributed by atoms with Crippen molar-refractivity contribution < 1.29 is 4.79 Å². The van der Waals surface area contributed by atoms with Crippen molar-refractivity contribution in [2.75, 3.05) is 11.4 Å². The molecule has 3 heteroatoms. The van der Waals surface area contributed by atoms with Crippen LogP contribution < -0.4 is 10.6 Å². The Balaban J connectivity index is 1.63. The summed E-state index contributed by atoms with van der Waals surface area (Å²) < 4.78 is 0. The van der Waals surface area contributed by atoms with Crippen LogP contribution in [0, 0.1) is 0 Å². The van der Waals surface area contributed by atoms with Crippen molar-refractivity contribution in [1.82, 2.24) is 0 Å². The number of hydrogen-bond acceptors (Lipinski definition) is 2. The van der Waals surface area contributed by atoms with E-state index in [-0.39, 0.29) is 5.91 Å². The lowest BCUT2D eigenvalue weighted by atomic mass is 10.0. The smallest absolute Gasteiger partial charge is 0.243 e. The van der Waals surface area contributed by atoms with E-state index in [1.807, 2.05) is 41.3 Å². The molecule has 108 valence electrons. The second-order valence-corrected chi connectivity index (χ2v) is 5.50. The molecule has 0 saturated heterocycles. The molecule has 1 aliphatic heterocycles. The largest absolute Gasteiger partial charge is 0.320 e. The quantitative estimate of drug-likeness (QED) is 0.935. The van der Waals surface area contributed by atoms with Crippen molar-refractivity contribution in [2.45, 2.75) is 25.3 Å². The molecule has 0 aromatic heterocycles. The van der Waals surface area contributed by atoms with Crippen molar-refractivity contribution in [3.63, 3.8) is 0 Å². The number of hydrogen-bond donors (Lipinski definition) is 1. The number of fused-ring (bicyclic) bond motifs is 1. The molecule has 21 heavy (non-hydrogen) atoms. The van der Waals surface area contributed by atoms with E-state index >= 15 is 0 Å². The Morgan fingerprint density at radius 2 is 1.81 bits per heavy atom. The second-order valence-electron chi connectivity index (χ2n) is 5.50. The predicted molar refractivity (Wildman–Crippen MR) is 85.2 cm³/mol. The van der Waals surface area contributed by atoms with E-state index in [0.29, 0.717) is 6.42 Å². The van der Waals surface area contributed by atoms with Gasteiger partial charge in [-0.2, -0.15) is 0 Å². The van der Waals surface area contributed by atoms with Crippen LogP contribution in [0.3, 0.4) is 0 Å². The van der Waals surface area contributed by atoms with Crippen LogP contribution in [0.1, 0.15) is 17.5 Å². The molecule has 1 amide bonds. The Morgan fingerprint density at radius 3 is 2.62 bits per heavy atom. The van der Waals surface area contributed by atoms with Crippen LogP contribution in [0.5, 0.6) is 0 Å². The van der Waals surface area contributed by atoms with Gasteiger partial charge in [-0.1, -0.05) is 48.5 Å². The Kier molecular flexibility index (Phi) is 4.02. The Labute approximate surface area is 125 Å². The molecular formula is C18H20N2O. The molecule has 2 aromatic carbocycles. The molecule has 0 spiro atoms. The maximum Gasteiger partial charge on any atom is 0.243 e. The summed E-state index contributed by atoms with van der Waals surface area (Å²) in [5.41, 5.74) is 9.60. The Hall–Kier alpha value is -2.13. The van der Waals surface area contributed by atoms with Crippen molar-refractivity contribution in [2.24, 2.45) is 5.73 Å². The first-order chi connectivity index (χ1) is 10.3. The van der Waals surface area contributed by atoms with Crippen LogP contribution in [0.2, 0.25) is 0 Å². The van der Waals surface area contributed by atoms with Crippen molar-refractivity contribution in [1.29, 1.82) is 0 Å². The third-order valence-corrected chi connectivity index (χ3v) is 4.06. The monoisotopic (exact) mass is 280 g/mol. The van der Waals surface area contributed by atoms with Crippen LogP contribution in [-0.2, 0) is 17.6 Å². The molecule has 1 unspecified atom stereocenters. The minimum Gasteiger partial charge on any atom is -0.320 e. The fourth-order valence-electron chi connectivity index (χ4n) is 2.86. The van der Waals surface area contributed by atoms with Gasteiger partial charge >= 0.3 is 0 Å². The molecule has 3 rings (SSSR count). The zero-order valence-corrected chi connectivity index (χ0v) is 12.0. The normalized spacial score (nSPS) is 14.8. The summed E-state index contributed by atoms with van der Waals surface area (Å²) >= 11 is 0. The molecule has 0 saturated carbocycles. The first-order valence-corrected chi connectivity index (χ1v) is 7.44. The first-order valence-electron chi connectivity index (χ1n) is 7.44. The van der Waals surface area contributed by atoms with E-state index in [4.69, 9.17) is 5.73 Å². The van der Waals surface area contributed by atoms with E-state index in [9.17, 15) is 4.79 Å². The van der Waals surface area contributed by atoms with Gasteiger partial charge in [0, 0.05) is 12.2 Å². The van der Waals surface area contributed by atoms with Crippen molar-refractivity contribution >= 4 is 11.6 Å². The number of rotatable bonds is 4. The zero-order valence-electron chi connectivity index (χ0n) is 12.0. The van der Waals surface area contributed by atoms with Gasteiger partial charge < -0.3 is 10.6 Å². The summed E-state index contributed by atoms with van der Waals surface area (Å²) in [7, 11) is 0. The lowest BCUT2D eigenvalue weighted by Gasteiger charge is -2.21. The van der Waals surface area contributed by atoms with Gasteiger partial charge in [0.2, 0.25) is 5.91 Å². The molecule has 0 fully saturated rings. The maximum absolute atomic E-state index is 12.5. The summed E-state index contributed by atoms with van der Waals surface area (Å²) in [6.45, 7) is 0.747. The van der Waals surface area contributed by atoms with Crippen LogP contribution >= 0.6 is 0 Å². The van der Waals surface area contributed by atoms with Gasteiger partial charge in [-0.3, -0.25) is 4.79 Å². The van der Waals surface area contributed by atoms with Crippen LogP contribution in [0.4, 0.5) is 5.69 Å². The van der Waals surface area contributed by atoms with Gasteiger partial charge in [0.15, 0.2) is 0 Å². The first kappa shape index (κ1) is 13.8. The number of para-hydroxylation sites is 1. The lowest BCUT2D eigenvalue weighted by molar-refractivity contribution is -0.119. The van der Waals surface area contributed by atoms with Gasteiger partial charge in [-0.05, 0) is 36.5 Å². The van der Waals surface area contributed by atoms with Crippen molar-refractivity contribution in [3.8, 4) is 0 Å². The van der Waals surface area contributed by atoms with E-state index in [1.165, 1.54) is 11.1 Å². The lowest BCUT2D eigenvalue weighted by Crippen LogP contribution is -2.43. The topological polar surface area (TPSA) is 46.3 Å². The van der Waals surface area contributed by atoms with Gasteiger partial charge in [-0.15, -0.1) is 0 Å². The van der Waals surface area contributed by atoms with E-state index in [2.05, 4.69) is 18.2 Å². The number of nitrogens with two attached hydrogens (primary N) is 1. The number of anilines is 1.